The fraction of sp³-hybridized carbons (Fsp3) is 0.143. The van der Waals surface area contributed by atoms with E-state index in [1.807, 2.05) is 0 Å². The Morgan fingerprint density at radius 2 is 2.25 bits per heavy atom. The Hall–Kier alpha value is -0.740. The third kappa shape index (κ3) is 2.71. The molecule has 12 heavy (non-hydrogen) atoms. The molecule has 0 bridgehead atoms. The van der Waals surface area contributed by atoms with E-state index in [1.165, 1.54) is 6.07 Å². The predicted octanol–water partition coefficient (Wildman–Crippen LogP) is 1.51. The van der Waals surface area contributed by atoms with Crippen molar-refractivity contribution in [3.8, 4) is 0 Å². The third-order valence-electron chi connectivity index (χ3n) is 1.11. The Bertz CT molecular complexity index is 375. The van der Waals surface area contributed by atoms with Gasteiger partial charge in [-0.2, -0.15) is 0 Å². The first kappa shape index (κ1) is 9.35. The summed E-state index contributed by atoms with van der Waals surface area (Å²) < 4.78 is 23.8. The number of hydrogen-bond acceptors (Lipinski definition) is 2. The highest BCUT2D eigenvalue weighted by molar-refractivity contribution is 7.92. The zero-order valence-corrected chi connectivity index (χ0v) is 7.91. The molecule has 1 aromatic carbocycles. The normalized spacial score (nSPS) is 11.2. The van der Waals surface area contributed by atoms with E-state index >= 15 is 0 Å². The van der Waals surface area contributed by atoms with E-state index in [-0.39, 0.29) is 0 Å². The smallest absolute Gasteiger partial charge is 0.229 e. The van der Waals surface area contributed by atoms with Gasteiger partial charge >= 0.3 is 0 Å². The molecule has 3 nitrogen and oxygen atoms in total. The number of anilines is 1. The first-order valence-corrected chi connectivity index (χ1v) is 5.39. The molecule has 0 spiro atoms. The lowest BCUT2D eigenvalue weighted by atomic mass is 10.3. The maximum Gasteiger partial charge on any atom is 0.229 e. The fourth-order valence-electron chi connectivity index (χ4n) is 0.693. The summed E-state index contributed by atoms with van der Waals surface area (Å²) in [5.74, 6) is 0. The lowest BCUT2D eigenvalue weighted by molar-refractivity contribution is 0.607. The van der Waals surface area contributed by atoms with E-state index in [9.17, 15) is 8.42 Å². The minimum atomic E-state index is -3.25. The van der Waals surface area contributed by atoms with Gasteiger partial charge in [0.25, 0.3) is 0 Å². The summed E-state index contributed by atoms with van der Waals surface area (Å²) in [6.07, 6.45) is 1.07. The summed E-state index contributed by atoms with van der Waals surface area (Å²) in [7, 11) is -3.25. The second kappa shape index (κ2) is 3.33. The molecular weight excluding hydrogens is 198 g/mol. The molecule has 0 saturated carbocycles. The van der Waals surface area contributed by atoms with Gasteiger partial charge in [0.05, 0.1) is 17.0 Å². The van der Waals surface area contributed by atoms with E-state index in [4.69, 9.17) is 11.6 Å². The van der Waals surface area contributed by atoms with Crippen LogP contribution in [0.2, 0.25) is 5.02 Å². The van der Waals surface area contributed by atoms with Crippen LogP contribution in [0.3, 0.4) is 0 Å². The van der Waals surface area contributed by atoms with Crippen LogP contribution in [0.1, 0.15) is 0 Å². The van der Waals surface area contributed by atoms with Crippen molar-refractivity contribution in [1.29, 1.82) is 0 Å². The SMILES string of the molecule is CS(=O)(=O)Nc1cc[c]cc1Cl. The highest BCUT2D eigenvalue weighted by Crippen LogP contribution is 2.20. The van der Waals surface area contributed by atoms with Crippen LogP contribution in [0.15, 0.2) is 18.2 Å². The molecule has 1 aromatic rings. The summed E-state index contributed by atoms with van der Waals surface area (Å²) in [6.45, 7) is 0. The molecule has 0 atom stereocenters. The highest BCUT2D eigenvalue weighted by Gasteiger charge is 2.03. The number of benzene rings is 1. The zero-order chi connectivity index (χ0) is 9.19. The maximum absolute atomic E-state index is 10.8. The molecule has 0 aliphatic carbocycles. The van der Waals surface area contributed by atoms with Gasteiger partial charge in [-0.25, -0.2) is 8.42 Å². The van der Waals surface area contributed by atoms with Gasteiger partial charge < -0.3 is 0 Å². The molecule has 0 amide bonds. The Labute approximate surface area is 76.4 Å². The fourth-order valence-corrected chi connectivity index (χ4v) is 1.50. The minimum absolute atomic E-state index is 0.336. The van der Waals surface area contributed by atoms with Gasteiger partial charge in [0.2, 0.25) is 10.0 Å². The molecule has 0 fully saturated rings. The molecule has 1 radical (unpaired) electrons. The summed E-state index contributed by atoms with van der Waals surface area (Å²) in [6, 6.07) is 7.34. The Morgan fingerprint density at radius 1 is 1.58 bits per heavy atom. The molecule has 0 unspecified atom stereocenters. The van der Waals surface area contributed by atoms with Crippen LogP contribution in [-0.2, 0) is 10.0 Å². The quantitative estimate of drug-likeness (QED) is 0.794. The third-order valence-corrected chi connectivity index (χ3v) is 2.01. The number of halogens is 1. The minimum Gasteiger partial charge on any atom is -0.282 e. The average Bonchev–Trinajstić information content (AvgIpc) is 1.91. The van der Waals surface area contributed by atoms with Crippen molar-refractivity contribution in [2.75, 3.05) is 11.0 Å². The van der Waals surface area contributed by atoms with Crippen molar-refractivity contribution in [2.45, 2.75) is 0 Å². The van der Waals surface area contributed by atoms with Crippen LogP contribution >= 0.6 is 11.6 Å². The lowest BCUT2D eigenvalue weighted by Gasteiger charge is -2.04. The second-order valence-electron chi connectivity index (χ2n) is 2.28. The standard InChI is InChI=1S/C7H7ClNO2S/c1-12(10,11)9-7-5-3-2-4-6(7)8/h3-5,9H,1H3. The van der Waals surface area contributed by atoms with E-state index < -0.39 is 10.0 Å². The van der Waals surface area contributed by atoms with Crippen molar-refractivity contribution < 1.29 is 8.42 Å². The molecular formula is C7H7ClNO2S. The molecule has 1 N–H and O–H groups in total. The number of rotatable bonds is 2. The van der Waals surface area contributed by atoms with Crippen LogP contribution in [0.5, 0.6) is 0 Å². The van der Waals surface area contributed by atoms with Crippen LogP contribution in [0.25, 0.3) is 0 Å². The predicted molar refractivity (Wildman–Crippen MR) is 48.8 cm³/mol. The maximum atomic E-state index is 10.8. The van der Waals surface area contributed by atoms with Crippen molar-refractivity contribution in [3.05, 3.63) is 29.3 Å². The van der Waals surface area contributed by atoms with Gasteiger partial charge in [0.15, 0.2) is 0 Å². The lowest BCUT2D eigenvalue weighted by Crippen LogP contribution is -2.09. The van der Waals surface area contributed by atoms with Crippen molar-refractivity contribution in [1.82, 2.24) is 0 Å². The van der Waals surface area contributed by atoms with Crippen molar-refractivity contribution in [3.63, 3.8) is 0 Å². The van der Waals surface area contributed by atoms with Crippen LogP contribution in [0, 0.1) is 6.07 Å². The van der Waals surface area contributed by atoms with E-state index in [0.29, 0.717) is 10.7 Å². The number of hydrogen-bond donors (Lipinski definition) is 1. The molecule has 65 valence electrons. The summed E-state index contributed by atoms with van der Waals surface area (Å²) in [4.78, 5) is 0. The molecule has 0 aliphatic heterocycles. The monoisotopic (exact) mass is 204 g/mol. The second-order valence-corrected chi connectivity index (χ2v) is 4.44. The van der Waals surface area contributed by atoms with Gasteiger partial charge in [-0.15, -0.1) is 0 Å². The van der Waals surface area contributed by atoms with Gasteiger partial charge in [0, 0.05) is 0 Å². The molecule has 0 aromatic heterocycles. The Kier molecular flexibility index (Phi) is 2.59. The van der Waals surface area contributed by atoms with Gasteiger partial charge in [-0.3, -0.25) is 4.72 Å². The number of nitrogens with one attached hydrogen (secondary N) is 1. The Morgan fingerprint density at radius 3 is 2.75 bits per heavy atom. The molecule has 5 heteroatoms. The van der Waals surface area contributed by atoms with Crippen molar-refractivity contribution >= 4 is 27.3 Å². The Balaban J connectivity index is 2.98. The molecule has 1 rings (SSSR count). The summed E-state index contributed by atoms with van der Waals surface area (Å²) in [5.41, 5.74) is 0.373. The van der Waals surface area contributed by atoms with E-state index in [0.717, 1.165) is 6.26 Å². The highest BCUT2D eigenvalue weighted by atomic mass is 35.5. The number of sulfonamides is 1. The van der Waals surface area contributed by atoms with Gasteiger partial charge in [-0.05, 0) is 18.2 Å². The van der Waals surface area contributed by atoms with E-state index in [2.05, 4.69) is 10.8 Å². The summed E-state index contributed by atoms with van der Waals surface area (Å²) >= 11 is 5.67. The van der Waals surface area contributed by atoms with Crippen LogP contribution in [0.4, 0.5) is 5.69 Å². The topological polar surface area (TPSA) is 46.2 Å². The molecule has 0 aliphatic rings. The first-order valence-electron chi connectivity index (χ1n) is 3.12. The van der Waals surface area contributed by atoms with Gasteiger partial charge in [0.1, 0.15) is 0 Å². The van der Waals surface area contributed by atoms with E-state index in [1.54, 1.807) is 12.1 Å². The zero-order valence-electron chi connectivity index (χ0n) is 6.33. The molecule has 0 heterocycles. The largest absolute Gasteiger partial charge is 0.282 e. The van der Waals surface area contributed by atoms with Crippen LogP contribution < -0.4 is 4.72 Å². The van der Waals surface area contributed by atoms with Gasteiger partial charge in [-0.1, -0.05) is 17.7 Å². The van der Waals surface area contributed by atoms with Crippen molar-refractivity contribution in [2.24, 2.45) is 0 Å². The average molecular weight is 205 g/mol. The first-order chi connectivity index (χ1) is 5.49. The summed E-state index contributed by atoms with van der Waals surface area (Å²) in [5, 5.41) is 0.336. The molecule has 0 saturated heterocycles. The van der Waals surface area contributed by atoms with Crippen LogP contribution in [-0.4, -0.2) is 14.7 Å².